The van der Waals surface area contributed by atoms with Crippen molar-refractivity contribution in [3.8, 4) is 11.3 Å². The second kappa shape index (κ2) is 12.8. The summed E-state index contributed by atoms with van der Waals surface area (Å²) in [6.07, 6.45) is 4.19. The Morgan fingerprint density at radius 1 is 1.21 bits per heavy atom. The van der Waals surface area contributed by atoms with E-state index < -0.39 is 39.6 Å². The number of piperidine rings is 1. The third-order valence-electron chi connectivity index (χ3n) is 6.69. The number of nitrogens with one attached hydrogen (secondary N) is 3. The van der Waals surface area contributed by atoms with Crippen molar-refractivity contribution in [2.75, 3.05) is 12.3 Å². The molecule has 2 unspecified atom stereocenters. The van der Waals surface area contributed by atoms with Crippen LogP contribution in [0, 0.1) is 17.6 Å². The molecule has 0 bridgehead atoms. The van der Waals surface area contributed by atoms with Crippen LogP contribution in [-0.2, 0) is 19.6 Å². The number of carbonyl (C=O) groups is 2. The van der Waals surface area contributed by atoms with Crippen LogP contribution in [0.5, 0.6) is 0 Å². The van der Waals surface area contributed by atoms with E-state index in [-0.39, 0.29) is 41.4 Å². The first kappa shape index (κ1) is 29.7. The summed E-state index contributed by atoms with van der Waals surface area (Å²) in [5, 5.41) is 2.71. The number of sulfonamides is 1. The van der Waals surface area contributed by atoms with Gasteiger partial charge in [0.15, 0.2) is 0 Å². The van der Waals surface area contributed by atoms with Gasteiger partial charge in [-0.1, -0.05) is 13.8 Å². The molecule has 3 N–H and O–H groups in total. The molecule has 12 heteroatoms. The summed E-state index contributed by atoms with van der Waals surface area (Å²) < 4.78 is 55.4. The maximum absolute atomic E-state index is 14.2. The second-order valence-electron chi connectivity index (χ2n) is 10.3. The van der Waals surface area contributed by atoms with Crippen molar-refractivity contribution in [3.05, 3.63) is 41.9 Å². The molecule has 3 rings (SSSR count). The van der Waals surface area contributed by atoms with Gasteiger partial charge in [-0.15, -0.1) is 0 Å². The van der Waals surface area contributed by atoms with Gasteiger partial charge in [-0.25, -0.2) is 26.9 Å². The highest BCUT2D eigenvalue weighted by Crippen LogP contribution is 2.23. The molecule has 1 aliphatic heterocycles. The summed E-state index contributed by atoms with van der Waals surface area (Å²) in [4.78, 5) is 35.1. The quantitative estimate of drug-likeness (QED) is 0.392. The average Bonchev–Trinajstić information content (AvgIpc) is 3.32. The van der Waals surface area contributed by atoms with Crippen LogP contribution >= 0.6 is 0 Å². The number of aromatic nitrogens is 2. The lowest BCUT2D eigenvalue weighted by Gasteiger charge is -2.34. The number of hydrogen-bond donors (Lipinski definition) is 3. The SMILES string of the molecule is CC(C)CCS(=O)(=O)NC(CC(=O)N1CCCC[C@@H]1C)C(=O)NC(C)c1ncc(-c2ccc(F)cc2F)[nH]1. The van der Waals surface area contributed by atoms with Crippen LogP contribution in [0.15, 0.2) is 24.4 Å². The van der Waals surface area contributed by atoms with Crippen LogP contribution in [0.25, 0.3) is 11.3 Å². The third-order valence-corrected chi connectivity index (χ3v) is 8.11. The molecule has 210 valence electrons. The van der Waals surface area contributed by atoms with E-state index in [9.17, 15) is 26.8 Å². The number of rotatable bonds is 11. The summed E-state index contributed by atoms with van der Waals surface area (Å²) >= 11 is 0. The number of hydrogen-bond acceptors (Lipinski definition) is 5. The Morgan fingerprint density at radius 2 is 1.95 bits per heavy atom. The molecule has 1 aromatic heterocycles. The fraction of sp³-hybridized carbons (Fsp3) is 0.577. The first-order valence-corrected chi connectivity index (χ1v) is 14.6. The molecule has 2 aromatic rings. The van der Waals surface area contributed by atoms with Gasteiger partial charge in [0.1, 0.15) is 23.5 Å². The van der Waals surface area contributed by atoms with Crippen molar-refractivity contribution in [1.82, 2.24) is 24.9 Å². The largest absolute Gasteiger partial charge is 0.345 e. The highest BCUT2D eigenvalue weighted by Gasteiger charge is 2.32. The number of nitrogens with zero attached hydrogens (tertiary/aromatic N) is 2. The van der Waals surface area contributed by atoms with E-state index >= 15 is 0 Å². The Bertz CT molecular complexity index is 1230. The number of benzene rings is 1. The predicted molar refractivity (Wildman–Crippen MR) is 140 cm³/mol. The van der Waals surface area contributed by atoms with Crippen molar-refractivity contribution < 1.29 is 26.8 Å². The number of halogens is 2. The molecule has 9 nitrogen and oxygen atoms in total. The van der Waals surface area contributed by atoms with E-state index in [0.717, 1.165) is 31.4 Å². The lowest BCUT2D eigenvalue weighted by Crippen LogP contribution is -2.52. The Morgan fingerprint density at radius 3 is 2.61 bits per heavy atom. The normalized spacial score (nSPS) is 17.9. The van der Waals surface area contributed by atoms with Gasteiger partial charge >= 0.3 is 0 Å². The number of aromatic amines is 1. The summed E-state index contributed by atoms with van der Waals surface area (Å²) in [6.45, 7) is 7.94. The summed E-state index contributed by atoms with van der Waals surface area (Å²) in [7, 11) is -3.83. The van der Waals surface area contributed by atoms with E-state index in [1.54, 1.807) is 11.8 Å². The van der Waals surface area contributed by atoms with Crippen LogP contribution in [0.2, 0.25) is 0 Å². The van der Waals surface area contributed by atoms with Crippen molar-refractivity contribution in [1.29, 1.82) is 0 Å². The summed E-state index contributed by atoms with van der Waals surface area (Å²) in [6, 6.07) is 1.16. The maximum atomic E-state index is 14.2. The zero-order valence-electron chi connectivity index (χ0n) is 22.3. The molecule has 1 aliphatic rings. The Balaban J connectivity index is 1.75. The van der Waals surface area contributed by atoms with Gasteiger partial charge in [-0.2, -0.15) is 0 Å². The monoisotopic (exact) mass is 553 g/mol. The fourth-order valence-electron chi connectivity index (χ4n) is 4.40. The molecule has 0 radical (unpaired) electrons. The molecule has 2 heterocycles. The van der Waals surface area contributed by atoms with Gasteiger partial charge in [0, 0.05) is 24.2 Å². The van der Waals surface area contributed by atoms with E-state index in [4.69, 9.17) is 0 Å². The lowest BCUT2D eigenvalue weighted by molar-refractivity contribution is -0.137. The minimum absolute atomic E-state index is 0.0184. The molecule has 1 aromatic carbocycles. The first-order chi connectivity index (χ1) is 17.9. The fourth-order valence-corrected chi connectivity index (χ4v) is 5.92. The molecule has 0 saturated carbocycles. The lowest BCUT2D eigenvalue weighted by atomic mass is 10.0. The molecule has 3 atom stereocenters. The molecule has 0 aliphatic carbocycles. The van der Waals surface area contributed by atoms with Crippen LogP contribution < -0.4 is 10.0 Å². The van der Waals surface area contributed by atoms with Gasteiger partial charge in [0.05, 0.1) is 30.1 Å². The smallest absolute Gasteiger partial charge is 0.239 e. The zero-order chi connectivity index (χ0) is 28.0. The number of H-pyrrole nitrogens is 1. The standard InChI is InChI=1S/C26H37F2N5O4S/c1-16(2)10-12-38(36,37)32-22(14-24(34)33-11-6-5-7-17(33)3)26(35)30-18(4)25-29-15-23(31-25)20-9-8-19(27)13-21(20)28/h8-9,13,15-18,22,32H,5-7,10-12,14H2,1-4H3,(H,29,31)(H,30,35)/t17-,18?,22?/m0/s1. The van der Waals surface area contributed by atoms with E-state index in [2.05, 4.69) is 20.0 Å². The Hall–Kier alpha value is -2.86. The van der Waals surface area contributed by atoms with Crippen molar-refractivity contribution >= 4 is 21.8 Å². The second-order valence-corrected chi connectivity index (χ2v) is 12.2. The summed E-state index contributed by atoms with van der Waals surface area (Å²) in [5.41, 5.74) is 0.402. The zero-order valence-corrected chi connectivity index (χ0v) is 23.1. The average molecular weight is 554 g/mol. The van der Waals surface area contributed by atoms with Crippen molar-refractivity contribution in [2.24, 2.45) is 5.92 Å². The van der Waals surface area contributed by atoms with Gasteiger partial charge in [-0.3, -0.25) is 9.59 Å². The molecule has 38 heavy (non-hydrogen) atoms. The minimum atomic E-state index is -3.83. The molecular formula is C26H37F2N5O4S. The Kier molecular flexibility index (Phi) is 10.00. The third kappa shape index (κ3) is 8.07. The molecule has 2 amide bonds. The van der Waals surface area contributed by atoms with Crippen LogP contribution in [0.4, 0.5) is 8.78 Å². The molecule has 0 spiro atoms. The highest BCUT2D eigenvalue weighted by atomic mass is 32.2. The summed E-state index contributed by atoms with van der Waals surface area (Å²) in [5.74, 6) is -2.16. The van der Waals surface area contributed by atoms with Gasteiger partial charge in [-0.05, 0) is 57.6 Å². The first-order valence-electron chi connectivity index (χ1n) is 13.0. The Labute approximate surface area is 222 Å². The molecular weight excluding hydrogens is 516 g/mol. The molecule has 1 saturated heterocycles. The number of amides is 2. The van der Waals surface area contributed by atoms with Crippen LogP contribution in [-0.4, -0.2) is 59.5 Å². The van der Waals surface area contributed by atoms with Crippen LogP contribution in [0.1, 0.15) is 71.7 Å². The van der Waals surface area contributed by atoms with Gasteiger partial charge < -0.3 is 15.2 Å². The van der Waals surface area contributed by atoms with Crippen molar-refractivity contribution in [3.63, 3.8) is 0 Å². The number of imidazole rings is 1. The van der Waals surface area contributed by atoms with Crippen molar-refractivity contribution in [2.45, 2.75) is 77.9 Å². The predicted octanol–water partition coefficient (Wildman–Crippen LogP) is 3.66. The van der Waals surface area contributed by atoms with Gasteiger partial charge in [0.2, 0.25) is 21.8 Å². The maximum Gasteiger partial charge on any atom is 0.239 e. The van der Waals surface area contributed by atoms with E-state index in [0.29, 0.717) is 18.7 Å². The number of likely N-dealkylation sites (tertiary alicyclic amines) is 1. The topological polar surface area (TPSA) is 124 Å². The van der Waals surface area contributed by atoms with Gasteiger partial charge in [0.25, 0.3) is 0 Å². The van der Waals surface area contributed by atoms with E-state index in [1.807, 2.05) is 20.8 Å². The minimum Gasteiger partial charge on any atom is -0.345 e. The van der Waals surface area contributed by atoms with Crippen LogP contribution in [0.3, 0.4) is 0 Å². The highest BCUT2D eigenvalue weighted by molar-refractivity contribution is 7.89. The molecule has 1 fully saturated rings. The van der Waals surface area contributed by atoms with E-state index in [1.165, 1.54) is 12.3 Å². The number of carbonyl (C=O) groups excluding carboxylic acids is 2.